The number of nitrogens with one attached hydrogen (secondary N) is 1. The predicted octanol–water partition coefficient (Wildman–Crippen LogP) is 1.61. The molecular formula is C21H38N6O. The quantitative estimate of drug-likeness (QED) is 0.540. The molecule has 0 amide bonds. The first-order valence-corrected chi connectivity index (χ1v) is 10.9. The second-order valence-corrected chi connectivity index (χ2v) is 8.30. The molecule has 7 heteroatoms. The van der Waals surface area contributed by atoms with Crippen LogP contribution < -0.4 is 5.32 Å². The van der Waals surface area contributed by atoms with Gasteiger partial charge in [-0.05, 0) is 63.1 Å². The van der Waals surface area contributed by atoms with Crippen LogP contribution in [0.4, 0.5) is 0 Å². The number of aliphatic imine (C=N–C) groups is 1. The van der Waals surface area contributed by atoms with Crippen molar-refractivity contribution in [3.63, 3.8) is 0 Å². The van der Waals surface area contributed by atoms with Crippen LogP contribution in [0.1, 0.15) is 31.7 Å². The number of rotatable bonds is 8. The molecule has 0 radical (unpaired) electrons. The van der Waals surface area contributed by atoms with Crippen molar-refractivity contribution in [1.82, 2.24) is 24.9 Å². The Kier molecular flexibility index (Phi) is 8.15. The van der Waals surface area contributed by atoms with Gasteiger partial charge in [0, 0.05) is 53.1 Å². The largest absolute Gasteiger partial charge is 0.383 e. The monoisotopic (exact) mass is 390 g/mol. The third-order valence-electron chi connectivity index (χ3n) is 6.02. The topological polar surface area (TPSA) is 57.9 Å². The van der Waals surface area contributed by atoms with E-state index in [0.717, 1.165) is 51.7 Å². The minimum atomic E-state index is 0.692. The Morgan fingerprint density at radius 2 is 2.04 bits per heavy atom. The van der Waals surface area contributed by atoms with Crippen LogP contribution in [-0.2, 0) is 18.2 Å². The molecule has 1 aromatic rings. The fourth-order valence-corrected chi connectivity index (χ4v) is 4.36. The number of hydrogen-bond acceptors (Lipinski definition) is 4. The van der Waals surface area contributed by atoms with Gasteiger partial charge in [0.15, 0.2) is 5.96 Å². The molecule has 0 aliphatic carbocycles. The highest BCUT2D eigenvalue weighted by atomic mass is 16.5. The lowest BCUT2D eigenvalue weighted by molar-refractivity contribution is 0.121. The van der Waals surface area contributed by atoms with Gasteiger partial charge >= 0.3 is 0 Å². The third-order valence-corrected chi connectivity index (χ3v) is 6.02. The van der Waals surface area contributed by atoms with E-state index >= 15 is 0 Å². The molecule has 0 saturated carbocycles. The van der Waals surface area contributed by atoms with Gasteiger partial charge in [0.1, 0.15) is 0 Å². The lowest BCUT2D eigenvalue weighted by Gasteiger charge is -2.31. The summed E-state index contributed by atoms with van der Waals surface area (Å²) in [6.07, 6.45) is 8.98. The normalized spacial score (nSPS) is 22.2. The first-order chi connectivity index (χ1) is 13.7. The molecule has 2 fully saturated rings. The summed E-state index contributed by atoms with van der Waals surface area (Å²) in [4.78, 5) is 9.99. The van der Waals surface area contributed by atoms with Crippen LogP contribution in [0.25, 0.3) is 0 Å². The Bertz CT molecular complexity index is 608. The van der Waals surface area contributed by atoms with Crippen LogP contribution >= 0.6 is 0 Å². The Labute approximate surface area is 170 Å². The van der Waals surface area contributed by atoms with Crippen molar-refractivity contribution >= 4 is 5.96 Å². The second-order valence-electron chi connectivity index (χ2n) is 8.30. The minimum absolute atomic E-state index is 0.692. The van der Waals surface area contributed by atoms with Crippen LogP contribution in [0.15, 0.2) is 17.4 Å². The van der Waals surface area contributed by atoms with Gasteiger partial charge in [-0.3, -0.25) is 9.67 Å². The Morgan fingerprint density at radius 3 is 2.71 bits per heavy atom. The predicted molar refractivity (Wildman–Crippen MR) is 114 cm³/mol. The molecule has 2 saturated heterocycles. The molecule has 2 aliphatic rings. The standard InChI is InChI=1S/C21H38N6O/c1-4-22-21(23-14-18-5-8-26(9-6-18)11-12-28-3)27-10-7-19(17-27)13-20-15-24-25(2)16-20/h15-16,18-19H,4-14,17H2,1-3H3,(H,22,23). The van der Waals surface area contributed by atoms with Crippen LogP contribution in [0, 0.1) is 11.8 Å². The molecule has 3 rings (SSSR count). The van der Waals surface area contributed by atoms with E-state index in [2.05, 4.69) is 33.3 Å². The van der Waals surface area contributed by atoms with Gasteiger partial charge in [0.05, 0.1) is 12.8 Å². The van der Waals surface area contributed by atoms with Gasteiger partial charge in [0.2, 0.25) is 0 Å². The number of hydrogen-bond donors (Lipinski definition) is 1. The van der Waals surface area contributed by atoms with Crippen molar-refractivity contribution in [3.8, 4) is 0 Å². The molecule has 7 nitrogen and oxygen atoms in total. The summed E-state index contributed by atoms with van der Waals surface area (Å²) in [6.45, 7) is 10.5. The van der Waals surface area contributed by atoms with Gasteiger partial charge in [-0.15, -0.1) is 0 Å². The summed E-state index contributed by atoms with van der Waals surface area (Å²) < 4.78 is 7.10. The van der Waals surface area contributed by atoms with Gasteiger partial charge < -0.3 is 19.9 Å². The molecule has 2 aliphatic heterocycles. The molecule has 28 heavy (non-hydrogen) atoms. The van der Waals surface area contributed by atoms with Crippen LogP contribution in [0.2, 0.25) is 0 Å². The van der Waals surface area contributed by atoms with E-state index in [-0.39, 0.29) is 0 Å². The summed E-state index contributed by atoms with van der Waals surface area (Å²) in [5, 5.41) is 7.82. The van der Waals surface area contributed by atoms with E-state index in [9.17, 15) is 0 Å². The summed E-state index contributed by atoms with van der Waals surface area (Å²) in [5.41, 5.74) is 1.34. The van der Waals surface area contributed by atoms with Crippen molar-refractivity contribution < 1.29 is 4.74 Å². The van der Waals surface area contributed by atoms with Crippen LogP contribution in [-0.4, -0.2) is 85.1 Å². The molecule has 1 atom stereocenters. The fourth-order valence-electron chi connectivity index (χ4n) is 4.36. The van der Waals surface area contributed by atoms with E-state index < -0.39 is 0 Å². The molecule has 1 unspecified atom stereocenters. The third kappa shape index (κ3) is 6.21. The number of nitrogens with zero attached hydrogens (tertiary/aromatic N) is 5. The Morgan fingerprint density at radius 1 is 1.25 bits per heavy atom. The highest BCUT2D eigenvalue weighted by Gasteiger charge is 2.26. The number of likely N-dealkylation sites (tertiary alicyclic amines) is 2. The summed E-state index contributed by atoms with van der Waals surface area (Å²) in [6, 6.07) is 0. The second kappa shape index (κ2) is 10.8. The molecule has 1 N–H and O–H groups in total. The number of piperidine rings is 1. The van der Waals surface area contributed by atoms with Gasteiger partial charge in [-0.25, -0.2) is 0 Å². The van der Waals surface area contributed by atoms with E-state index in [1.165, 1.54) is 37.9 Å². The van der Waals surface area contributed by atoms with E-state index in [1.54, 1.807) is 7.11 Å². The average Bonchev–Trinajstić information content (AvgIpc) is 3.33. The molecule has 3 heterocycles. The highest BCUT2D eigenvalue weighted by molar-refractivity contribution is 5.80. The smallest absolute Gasteiger partial charge is 0.193 e. The molecule has 0 bridgehead atoms. The average molecular weight is 391 g/mol. The maximum Gasteiger partial charge on any atom is 0.193 e. The molecule has 158 valence electrons. The maximum atomic E-state index is 5.20. The number of ether oxygens (including phenoxy) is 1. The van der Waals surface area contributed by atoms with Crippen molar-refractivity contribution in [2.24, 2.45) is 23.9 Å². The molecule has 0 spiro atoms. The Balaban J connectivity index is 1.46. The zero-order valence-corrected chi connectivity index (χ0v) is 17.9. The van der Waals surface area contributed by atoms with Crippen molar-refractivity contribution in [3.05, 3.63) is 18.0 Å². The Hall–Kier alpha value is -1.60. The zero-order chi connectivity index (χ0) is 19.8. The number of aromatic nitrogens is 2. The van der Waals surface area contributed by atoms with Crippen molar-refractivity contribution in [1.29, 1.82) is 0 Å². The minimum Gasteiger partial charge on any atom is -0.383 e. The van der Waals surface area contributed by atoms with E-state index in [4.69, 9.17) is 9.73 Å². The SMILES string of the molecule is CCNC(=NCC1CCN(CCOC)CC1)N1CCC(Cc2cnn(C)c2)C1. The maximum absolute atomic E-state index is 5.20. The highest BCUT2D eigenvalue weighted by Crippen LogP contribution is 2.22. The van der Waals surface area contributed by atoms with E-state index in [0.29, 0.717) is 11.8 Å². The molecule has 1 aromatic heterocycles. The van der Waals surface area contributed by atoms with Gasteiger partial charge in [-0.2, -0.15) is 5.10 Å². The molecular weight excluding hydrogens is 352 g/mol. The summed E-state index contributed by atoms with van der Waals surface area (Å²) in [5.74, 6) is 2.51. The van der Waals surface area contributed by atoms with Gasteiger partial charge in [-0.1, -0.05) is 0 Å². The number of methoxy groups -OCH3 is 1. The van der Waals surface area contributed by atoms with Crippen LogP contribution in [0.3, 0.4) is 0 Å². The first-order valence-electron chi connectivity index (χ1n) is 10.9. The zero-order valence-electron chi connectivity index (χ0n) is 17.9. The molecule has 0 aromatic carbocycles. The van der Waals surface area contributed by atoms with Crippen LogP contribution in [0.5, 0.6) is 0 Å². The number of guanidine groups is 1. The number of aryl methyl sites for hydroxylation is 1. The summed E-state index contributed by atoms with van der Waals surface area (Å²) >= 11 is 0. The van der Waals surface area contributed by atoms with Crippen molar-refractivity contribution in [2.45, 2.75) is 32.6 Å². The van der Waals surface area contributed by atoms with Gasteiger partial charge in [0.25, 0.3) is 0 Å². The lowest BCUT2D eigenvalue weighted by Crippen LogP contribution is -2.41. The van der Waals surface area contributed by atoms with E-state index in [1.807, 2.05) is 17.9 Å². The summed E-state index contributed by atoms with van der Waals surface area (Å²) in [7, 11) is 3.77. The van der Waals surface area contributed by atoms with Crippen molar-refractivity contribution in [2.75, 3.05) is 59.5 Å². The fraction of sp³-hybridized carbons (Fsp3) is 0.810. The lowest BCUT2D eigenvalue weighted by atomic mass is 9.97. The first kappa shape index (κ1) is 21.1.